The van der Waals surface area contributed by atoms with Gasteiger partial charge < -0.3 is 10.4 Å². The quantitative estimate of drug-likeness (QED) is 0.610. The molecule has 0 amide bonds. The van der Waals surface area contributed by atoms with E-state index in [2.05, 4.69) is 5.32 Å². The van der Waals surface area contributed by atoms with Gasteiger partial charge in [-0.15, -0.1) is 0 Å². The lowest BCUT2D eigenvalue weighted by Gasteiger charge is -2.10. The number of carboxylic acids is 1. The average molecular weight is 173 g/mol. The maximum absolute atomic E-state index is 10.8. The van der Waals surface area contributed by atoms with Crippen molar-refractivity contribution in [3.63, 3.8) is 0 Å². The highest BCUT2D eigenvalue weighted by atomic mass is 16.4. The molecule has 0 aromatic carbocycles. The van der Waals surface area contributed by atoms with Gasteiger partial charge in [-0.05, 0) is 26.8 Å². The first-order valence-corrected chi connectivity index (χ1v) is 3.97. The average Bonchev–Trinajstić information content (AvgIpc) is 1.96. The van der Waals surface area contributed by atoms with Crippen molar-refractivity contribution in [2.24, 2.45) is 0 Å². The Morgan fingerprint density at radius 2 is 2.08 bits per heavy atom. The second kappa shape index (κ2) is 5.71. The summed E-state index contributed by atoms with van der Waals surface area (Å²) in [6.45, 7) is 1.50. The van der Waals surface area contributed by atoms with Crippen molar-refractivity contribution in [1.82, 2.24) is 5.32 Å². The third kappa shape index (κ3) is 4.85. The zero-order valence-electron chi connectivity index (χ0n) is 7.46. The van der Waals surface area contributed by atoms with Crippen LogP contribution in [-0.2, 0) is 9.59 Å². The monoisotopic (exact) mass is 173 g/mol. The van der Waals surface area contributed by atoms with Crippen LogP contribution in [0.5, 0.6) is 0 Å². The van der Waals surface area contributed by atoms with Crippen molar-refractivity contribution in [3.8, 4) is 0 Å². The first-order valence-electron chi connectivity index (χ1n) is 3.97. The van der Waals surface area contributed by atoms with Crippen LogP contribution in [0.2, 0.25) is 0 Å². The molecule has 2 N–H and O–H groups in total. The van der Waals surface area contributed by atoms with Crippen molar-refractivity contribution in [1.29, 1.82) is 0 Å². The van der Waals surface area contributed by atoms with Crippen molar-refractivity contribution in [2.75, 3.05) is 7.05 Å². The van der Waals surface area contributed by atoms with E-state index in [0.29, 0.717) is 12.8 Å². The van der Waals surface area contributed by atoms with Gasteiger partial charge in [0.15, 0.2) is 0 Å². The molecule has 1 unspecified atom stereocenters. The van der Waals surface area contributed by atoms with Crippen LogP contribution in [0.15, 0.2) is 0 Å². The second-order valence-electron chi connectivity index (χ2n) is 2.74. The maximum atomic E-state index is 10.8. The van der Waals surface area contributed by atoms with Crippen molar-refractivity contribution in [2.45, 2.75) is 32.2 Å². The number of carbonyl (C=O) groups excluding carboxylic acids is 1. The molecule has 0 bridgehead atoms. The van der Waals surface area contributed by atoms with Crippen molar-refractivity contribution >= 4 is 11.8 Å². The van der Waals surface area contributed by atoms with Gasteiger partial charge >= 0.3 is 5.97 Å². The second-order valence-corrected chi connectivity index (χ2v) is 2.74. The Hall–Kier alpha value is -0.900. The first-order chi connectivity index (χ1) is 5.57. The highest BCUT2D eigenvalue weighted by Crippen LogP contribution is 2.01. The Bertz CT molecular complexity index is 168. The van der Waals surface area contributed by atoms with E-state index in [1.807, 2.05) is 0 Å². The molecule has 0 aromatic heterocycles. The number of carbonyl (C=O) groups is 2. The number of likely N-dealkylation sites (N-methyl/N-ethyl adjacent to an activating group) is 1. The summed E-state index contributed by atoms with van der Waals surface area (Å²) in [6, 6.07) is -0.190. The summed E-state index contributed by atoms with van der Waals surface area (Å²) in [7, 11) is 1.70. The van der Waals surface area contributed by atoms with Crippen LogP contribution in [0.3, 0.4) is 0 Å². The third-order valence-electron chi connectivity index (χ3n) is 1.72. The molecule has 12 heavy (non-hydrogen) atoms. The molecule has 0 fully saturated rings. The lowest BCUT2D eigenvalue weighted by atomic mass is 10.1. The van der Waals surface area contributed by atoms with E-state index < -0.39 is 5.97 Å². The van der Waals surface area contributed by atoms with Gasteiger partial charge in [0.1, 0.15) is 5.78 Å². The fourth-order valence-corrected chi connectivity index (χ4v) is 1.01. The molecule has 0 saturated heterocycles. The lowest BCUT2D eigenvalue weighted by molar-refractivity contribution is -0.137. The van der Waals surface area contributed by atoms with Gasteiger partial charge in [0.25, 0.3) is 0 Å². The van der Waals surface area contributed by atoms with Gasteiger partial charge in [-0.3, -0.25) is 9.59 Å². The fraction of sp³-hybridized carbons (Fsp3) is 0.750. The summed E-state index contributed by atoms with van der Waals surface area (Å²) >= 11 is 0. The van der Waals surface area contributed by atoms with E-state index in [1.165, 1.54) is 6.92 Å². The van der Waals surface area contributed by atoms with Crippen molar-refractivity contribution in [3.05, 3.63) is 0 Å². The molecule has 4 heteroatoms. The predicted molar refractivity (Wildman–Crippen MR) is 45.0 cm³/mol. The largest absolute Gasteiger partial charge is 0.481 e. The Balaban J connectivity index is 3.59. The van der Waals surface area contributed by atoms with Crippen LogP contribution in [0, 0.1) is 0 Å². The Morgan fingerprint density at radius 1 is 1.50 bits per heavy atom. The number of nitrogens with one attached hydrogen (secondary N) is 1. The number of ketones is 1. The molecule has 0 saturated carbocycles. The van der Waals surface area contributed by atoms with E-state index in [0.717, 1.165) is 0 Å². The van der Waals surface area contributed by atoms with E-state index in [9.17, 15) is 9.59 Å². The number of aliphatic carboxylic acids is 1. The number of hydrogen-bond donors (Lipinski definition) is 2. The normalized spacial score (nSPS) is 12.5. The number of rotatable bonds is 6. The van der Waals surface area contributed by atoms with Gasteiger partial charge in [0.2, 0.25) is 0 Å². The summed E-state index contributed by atoms with van der Waals surface area (Å²) < 4.78 is 0. The third-order valence-corrected chi connectivity index (χ3v) is 1.72. The SMILES string of the molecule is CNC(CCCC(=O)O)C(C)=O. The zero-order chi connectivity index (χ0) is 9.56. The Labute approximate surface area is 72.0 Å². The molecule has 0 aromatic rings. The molecule has 70 valence electrons. The summed E-state index contributed by atoms with van der Waals surface area (Å²) in [5, 5.41) is 11.2. The van der Waals surface area contributed by atoms with Gasteiger partial charge in [-0.25, -0.2) is 0 Å². The molecule has 0 aliphatic carbocycles. The molecule has 0 heterocycles. The zero-order valence-corrected chi connectivity index (χ0v) is 7.46. The van der Waals surface area contributed by atoms with Crippen LogP contribution in [-0.4, -0.2) is 29.9 Å². The molecular formula is C8H15NO3. The van der Waals surface area contributed by atoms with E-state index in [1.54, 1.807) is 7.05 Å². The number of Topliss-reactive ketones (excluding diaryl/α,β-unsaturated/α-hetero) is 1. The standard InChI is InChI=1S/C8H15NO3/c1-6(10)7(9-2)4-3-5-8(11)12/h7,9H,3-5H2,1-2H3,(H,11,12). The molecule has 0 spiro atoms. The number of hydrogen-bond acceptors (Lipinski definition) is 3. The lowest BCUT2D eigenvalue weighted by Crippen LogP contribution is -2.32. The van der Waals surface area contributed by atoms with Crippen LogP contribution < -0.4 is 5.32 Å². The molecule has 0 radical (unpaired) electrons. The van der Waals surface area contributed by atoms with E-state index in [4.69, 9.17) is 5.11 Å². The molecule has 0 rings (SSSR count). The van der Waals surface area contributed by atoms with Gasteiger partial charge in [0.05, 0.1) is 6.04 Å². The minimum absolute atomic E-state index is 0.0582. The summed E-state index contributed by atoms with van der Waals surface area (Å²) in [6.07, 6.45) is 1.27. The fourth-order valence-electron chi connectivity index (χ4n) is 1.01. The van der Waals surface area contributed by atoms with Crippen molar-refractivity contribution < 1.29 is 14.7 Å². The van der Waals surface area contributed by atoms with Crippen LogP contribution in [0.4, 0.5) is 0 Å². The highest BCUT2D eigenvalue weighted by molar-refractivity contribution is 5.81. The summed E-state index contributed by atoms with van der Waals surface area (Å²) in [4.78, 5) is 21.0. The van der Waals surface area contributed by atoms with Gasteiger partial charge in [-0.2, -0.15) is 0 Å². The van der Waals surface area contributed by atoms with E-state index in [-0.39, 0.29) is 18.2 Å². The summed E-state index contributed by atoms with van der Waals surface area (Å²) in [5.74, 6) is -0.753. The van der Waals surface area contributed by atoms with Crippen LogP contribution >= 0.6 is 0 Å². The maximum Gasteiger partial charge on any atom is 0.303 e. The van der Waals surface area contributed by atoms with Gasteiger partial charge in [-0.1, -0.05) is 0 Å². The Morgan fingerprint density at radius 3 is 2.42 bits per heavy atom. The van der Waals surface area contributed by atoms with Crippen LogP contribution in [0.25, 0.3) is 0 Å². The van der Waals surface area contributed by atoms with Crippen LogP contribution in [0.1, 0.15) is 26.2 Å². The molecule has 0 aliphatic heterocycles. The molecule has 1 atom stereocenters. The minimum atomic E-state index is -0.812. The van der Waals surface area contributed by atoms with E-state index >= 15 is 0 Å². The number of carboxylic acid groups (broad SMARTS) is 1. The predicted octanol–water partition coefficient (Wildman–Crippen LogP) is 0.418. The molecule has 4 nitrogen and oxygen atoms in total. The summed E-state index contributed by atoms with van der Waals surface area (Å²) in [5.41, 5.74) is 0. The molecular weight excluding hydrogens is 158 g/mol. The first kappa shape index (κ1) is 11.1. The molecule has 0 aliphatic rings. The minimum Gasteiger partial charge on any atom is -0.481 e. The van der Waals surface area contributed by atoms with Gasteiger partial charge in [0, 0.05) is 6.42 Å². The Kier molecular flexibility index (Phi) is 5.28. The highest BCUT2D eigenvalue weighted by Gasteiger charge is 2.11. The smallest absolute Gasteiger partial charge is 0.303 e. The topological polar surface area (TPSA) is 66.4 Å².